The lowest BCUT2D eigenvalue weighted by Crippen LogP contribution is -2.52. The van der Waals surface area contributed by atoms with Gasteiger partial charge >= 0.3 is 5.97 Å². The smallest absolute Gasteiger partial charge is 0.335 e. The first kappa shape index (κ1) is 24.4. The second kappa shape index (κ2) is 9.87. The summed E-state index contributed by atoms with van der Waals surface area (Å²) in [6, 6.07) is 19.1. The number of carboxylic acids is 1. The number of sulfonamides is 1. The summed E-state index contributed by atoms with van der Waals surface area (Å²) >= 11 is 0. The Morgan fingerprint density at radius 1 is 1.06 bits per heavy atom. The first-order chi connectivity index (χ1) is 16.7. The molecule has 2 N–H and O–H groups in total. The number of carbonyl (C=O) groups is 1. The van der Waals surface area contributed by atoms with Gasteiger partial charge in [-0.15, -0.1) is 0 Å². The van der Waals surface area contributed by atoms with Crippen LogP contribution in [-0.2, 0) is 10.0 Å². The number of aryl methyl sites for hydroxylation is 1. The van der Waals surface area contributed by atoms with Crippen LogP contribution in [0.15, 0.2) is 71.6 Å². The normalized spacial score (nSPS) is 16.1. The van der Waals surface area contributed by atoms with Gasteiger partial charge in [-0.05, 0) is 74.0 Å². The van der Waals surface area contributed by atoms with Crippen molar-refractivity contribution in [2.45, 2.75) is 24.8 Å². The molecule has 0 spiro atoms. The van der Waals surface area contributed by atoms with E-state index in [1.165, 1.54) is 36.9 Å². The number of benzene rings is 3. The van der Waals surface area contributed by atoms with E-state index in [-0.39, 0.29) is 22.2 Å². The lowest BCUT2D eigenvalue weighted by molar-refractivity contribution is 0.0697. The summed E-state index contributed by atoms with van der Waals surface area (Å²) in [5, 5.41) is 9.50. The Labute approximate surface area is 205 Å². The van der Waals surface area contributed by atoms with Gasteiger partial charge in [0.15, 0.2) is 0 Å². The molecule has 1 aliphatic rings. The van der Waals surface area contributed by atoms with Crippen molar-refractivity contribution in [3.63, 3.8) is 0 Å². The van der Waals surface area contributed by atoms with E-state index in [2.05, 4.69) is 46.6 Å². The predicted octanol–water partition coefficient (Wildman–Crippen LogP) is 4.22. The topological polar surface area (TPSA) is 99.2 Å². The fourth-order valence-corrected chi connectivity index (χ4v) is 5.42. The quantitative estimate of drug-likeness (QED) is 0.506. The van der Waals surface area contributed by atoms with Gasteiger partial charge in [0.2, 0.25) is 0 Å². The van der Waals surface area contributed by atoms with Gasteiger partial charge in [0.1, 0.15) is 5.75 Å². The van der Waals surface area contributed by atoms with Crippen LogP contribution >= 0.6 is 0 Å². The SMILES string of the molecule is COc1ccc(S(=O)(=O)Nc2cc(C(=O)O)ccc2N2CCN(c3cccc(C)c3)C(C)C2)cc1. The van der Waals surface area contributed by atoms with Crippen LogP contribution < -0.4 is 19.3 Å². The average molecular weight is 496 g/mol. The minimum Gasteiger partial charge on any atom is -0.497 e. The number of hydrogen-bond donors (Lipinski definition) is 2. The number of aromatic carboxylic acids is 1. The van der Waals surface area contributed by atoms with Crippen molar-refractivity contribution in [3.8, 4) is 5.75 Å². The Kier molecular flexibility index (Phi) is 6.88. The van der Waals surface area contributed by atoms with E-state index in [1.54, 1.807) is 18.2 Å². The van der Waals surface area contributed by atoms with Gasteiger partial charge in [-0.1, -0.05) is 12.1 Å². The number of rotatable bonds is 7. The third kappa shape index (κ3) is 5.35. The summed E-state index contributed by atoms with van der Waals surface area (Å²) in [5.41, 5.74) is 3.22. The zero-order valence-electron chi connectivity index (χ0n) is 19.9. The Morgan fingerprint density at radius 2 is 1.80 bits per heavy atom. The molecule has 3 aromatic rings. The van der Waals surface area contributed by atoms with E-state index in [1.807, 2.05) is 6.07 Å². The maximum absolute atomic E-state index is 13.1. The minimum absolute atomic E-state index is 0.00706. The average Bonchev–Trinajstić information content (AvgIpc) is 2.83. The molecular weight excluding hydrogens is 466 g/mol. The number of nitrogens with zero attached hydrogens (tertiary/aromatic N) is 2. The molecule has 1 unspecified atom stereocenters. The van der Waals surface area contributed by atoms with Crippen molar-refractivity contribution in [3.05, 3.63) is 77.9 Å². The van der Waals surface area contributed by atoms with Crippen LogP contribution in [0.25, 0.3) is 0 Å². The summed E-state index contributed by atoms with van der Waals surface area (Å²) in [6.07, 6.45) is 0. The number of methoxy groups -OCH3 is 1. The Balaban J connectivity index is 1.62. The molecule has 3 aromatic carbocycles. The van der Waals surface area contributed by atoms with Crippen LogP contribution in [0.3, 0.4) is 0 Å². The monoisotopic (exact) mass is 495 g/mol. The molecule has 0 bridgehead atoms. The second-order valence-corrected chi connectivity index (χ2v) is 10.3. The van der Waals surface area contributed by atoms with Crippen molar-refractivity contribution >= 4 is 33.1 Å². The highest BCUT2D eigenvalue weighted by molar-refractivity contribution is 7.92. The molecule has 1 fully saturated rings. The van der Waals surface area contributed by atoms with Crippen molar-refractivity contribution in [1.82, 2.24) is 0 Å². The number of anilines is 3. The molecule has 0 radical (unpaired) electrons. The minimum atomic E-state index is -3.95. The highest BCUT2D eigenvalue weighted by Gasteiger charge is 2.27. The Hall–Kier alpha value is -3.72. The van der Waals surface area contributed by atoms with E-state index in [0.717, 1.165) is 12.2 Å². The largest absolute Gasteiger partial charge is 0.497 e. The fraction of sp³-hybridized carbons (Fsp3) is 0.269. The van der Waals surface area contributed by atoms with Crippen LogP contribution in [0.1, 0.15) is 22.8 Å². The second-order valence-electron chi connectivity index (χ2n) is 8.65. The number of nitrogens with one attached hydrogen (secondary N) is 1. The third-order valence-corrected chi connectivity index (χ3v) is 7.54. The van der Waals surface area contributed by atoms with Gasteiger partial charge in [0.05, 0.1) is 28.9 Å². The molecule has 1 atom stereocenters. The van der Waals surface area contributed by atoms with Crippen molar-refractivity contribution < 1.29 is 23.1 Å². The maximum Gasteiger partial charge on any atom is 0.335 e. The maximum atomic E-state index is 13.1. The van der Waals surface area contributed by atoms with Crippen LogP contribution in [0.4, 0.5) is 17.1 Å². The van der Waals surface area contributed by atoms with Crippen molar-refractivity contribution in [2.24, 2.45) is 0 Å². The van der Waals surface area contributed by atoms with E-state index in [9.17, 15) is 18.3 Å². The number of piperazine rings is 1. The first-order valence-corrected chi connectivity index (χ1v) is 12.8. The predicted molar refractivity (Wildman–Crippen MR) is 137 cm³/mol. The van der Waals surface area contributed by atoms with E-state index < -0.39 is 16.0 Å². The first-order valence-electron chi connectivity index (χ1n) is 11.3. The lowest BCUT2D eigenvalue weighted by atomic mass is 10.1. The van der Waals surface area contributed by atoms with Gasteiger partial charge in [-0.25, -0.2) is 13.2 Å². The summed E-state index contributed by atoms with van der Waals surface area (Å²) in [6.45, 7) is 6.24. The molecule has 8 nitrogen and oxygen atoms in total. The molecule has 0 saturated carbocycles. The fourth-order valence-electron chi connectivity index (χ4n) is 4.35. The molecule has 0 aromatic heterocycles. The molecule has 1 aliphatic heterocycles. The highest BCUT2D eigenvalue weighted by atomic mass is 32.2. The number of carboxylic acid groups (broad SMARTS) is 1. The molecule has 1 heterocycles. The van der Waals surface area contributed by atoms with E-state index in [4.69, 9.17) is 4.74 Å². The summed E-state index contributed by atoms with van der Waals surface area (Å²) < 4.78 is 34.0. The van der Waals surface area contributed by atoms with Gasteiger partial charge in [0, 0.05) is 31.4 Å². The molecule has 184 valence electrons. The van der Waals surface area contributed by atoms with Gasteiger partial charge in [0.25, 0.3) is 10.0 Å². The standard InChI is InChI=1S/C26H29N3O5S/c1-18-5-4-6-21(15-18)29-14-13-28(17-19(29)2)25-12-7-20(26(30)31)16-24(25)27-35(32,33)23-10-8-22(34-3)9-11-23/h4-12,15-16,19,27H,13-14,17H2,1-3H3,(H,30,31). The molecule has 35 heavy (non-hydrogen) atoms. The Morgan fingerprint density at radius 3 is 2.43 bits per heavy atom. The molecule has 9 heteroatoms. The van der Waals surface area contributed by atoms with E-state index in [0.29, 0.717) is 24.5 Å². The van der Waals surface area contributed by atoms with Crippen LogP contribution in [0.2, 0.25) is 0 Å². The summed E-state index contributed by atoms with van der Waals surface area (Å²) in [5.74, 6) is -0.586. The number of ether oxygens (including phenoxy) is 1. The summed E-state index contributed by atoms with van der Waals surface area (Å²) in [7, 11) is -2.44. The van der Waals surface area contributed by atoms with Crippen LogP contribution in [0, 0.1) is 6.92 Å². The molecule has 1 saturated heterocycles. The van der Waals surface area contributed by atoms with Crippen molar-refractivity contribution in [1.29, 1.82) is 0 Å². The summed E-state index contributed by atoms with van der Waals surface area (Å²) in [4.78, 5) is 16.1. The number of hydrogen-bond acceptors (Lipinski definition) is 6. The lowest BCUT2D eigenvalue weighted by Gasteiger charge is -2.43. The van der Waals surface area contributed by atoms with Gasteiger partial charge in [-0.2, -0.15) is 0 Å². The van der Waals surface area contributed by atoms with Crippen LogP contribution in [0.5, 0.6) is 5.75 Å². The van der Waals surface area contributed by atoms with Gasteiger partial charge in [-0.3, -0.25) is 4.72 Å². The molecule has 4 rings (SSSR count). The third-order valence-electron chi connectivity index (χ3n) is 6.16. The van der Waals surface area contributed by atoms with Gasteiger partial charge < -0.3 is 19.6 Å². The zero-order chi connectivity index (χ0) is 25.2. The van der Waals surface area contributed by atoms with Crippen molar-refractivity contribution in [2.75, 3.05) is 41.3 Å². The Bertz CT molecular complexity index is 1330. The highest BCUT2D eigenvalue weighted by Crippen LogP contribution is 2.32. The molecule has 0 amide bonds. The van der Waals surface area contributed by atoms with E-state index >= 15 is 0 Å². The molecular formula is C26H29N3O5S. The molecule has 0 aliphatic carbocycles. The van der Waals surface area contributed by atoms with Crippen LogP contribution in [-0.4, -0.2) is 52.3 Å². The zero-order valence-corrected chi connectivity index (χ0v) is 20.7.